The highest BCUT2D eigenvalue weighted by Gasteiger charge is 2.32. The van der Waals surface area contributed by atoms with Crippen LogP contribution in [0.1, 0.15) is 54.2 Å². The second-order valence-corrected chi connectivity index (χ2v) is 13.0. The average molecular weight is 597 g/mol. The summed E-state index contributed by atoms with van der Waals surface area (Å²) < 4.78 is 17.7. The van der Waals surface area contributed by atoms with Crippen LogP contribution in [0, 0.1) is 25.6 Å². The fourth-order valence-electron chi connectivity index (χ4n) is 6.91. The molecule has 2 aliphatic heterocycles. The predicted octanol–water partition coefficient (Wildman–Crippen LogP) is 4.98. The van der Waals surface area contributed by atoms with E-state index in [2.05, 4.69) is 48.6 Å². The summed E-state index contributed by atoms with van der Waals surface area (Å²) in [4.78, 5) is 29.8. The molecule has 7 rings (SSSR count). The minimum Gasteiger partial charge on any atom is -0.396 e. The van der Waals surface area contributed by atoms with Gasteiger partial charge in [-0.3, -0.25) is 19.7 Å². The summed E-state index contributed by atoms with van der Waals surface area (Å²) in [5, 5.41) is 9.91. The van der Waals surface area contributed by atoms with E-state index in [9.17, 15) is 9.90 Å². The minimum atomic E-state index is -0.371. The zero-order valence-corrected chi connectivity index (χ0v) is 25.6. The Bertz CT molecular complexity index is 1710. The molecule has 0 unspecified atom stereocenters. The van der Waals surface area contributed by atoms with E-state index in [0.717, 1.165) is 61.4 Å². The zero-order valence-electron chi connectivity index (χ0n) is 25.6. The summed E-state index contributed by atoms with van der Waals surface area (Å²) >= 11 is 0. The second-order valence-electron chi connectivity index (χ2n) is 13.0. The Morgan fingerprint density at radius 2 is 1.82 bits per heavy atom. The first-order valence-corrected chi connectivity index (χ1v) is 15.9. The predicted molar refractivity (Wildman–Crippen MR) is 172 cm³/mol. The van der Waals surface area contributed by atoms with E-state index >= 15 is 4.39 Å². The van der Waals surface area contributed by atoms with Crippen LogP contribution in [-0.2, 0) is 13.1 Å². The number of aromatic nitrogens is 3. The lowest BCUT2D eigenvalue weighted by Gasteiger charge is -2.40. The molecule has 3 aromatic heterocycles. The number of rotatable bonds is 9. The molecule has 1 aliphatic carbocycles. The lowest BCUT2D eigenvalue weighted by Crippen LogP contribution is -2.48. The van der Waals surface area contributed by atoms with Crippen molar-refractivity contribution < 1.29 is 9.50 Å². The molecule has 8 nitrogen and oxygen atoms in total. The molecule has 9 heteroatoms. The van der Waals surface area contributed by atoms with Gasteiger partial charge in [0.1, 0.15) is 5.82 Å². The van der Waals surface area contributed by atoms with Gasteiger partial charge in [-0.15, -0.1) is 0 Å². The second kappa shape index (κ2) is 11.9. The van der Waals surface area contributed by atoms with Crippen molar-refractivity contribution in [3.05, 3.63) is 93.5 Å². The van der Waals surface area contributed by atoms with Crippen molar-refractivity contribution in [1.82, 2.24) is 19.4 Å². The summed E-state index contributed by atoms with van der Waals surface area (Å²) in [7, 11) is 0. The highest BCUT2D eigenvalue weighted by Crippen LogP contribution is 2.39. The lowest BCUT2D eigenvalue weighted by molar-refractivity contribution is 0.158. The number of hydrogen-bond donors (Lipinski definition) is 1. The molecule has 2 saturated heterocycles. The Kier molecular flexibility index (Phi) is 7.84. The largest absolute Gasteiger partial charge is 0.396 e. The van der Waals surface area contributed by atoms with Crippen molar-refractivity contribution in [3.63, 3.8) is 0 Å². The smallest absolute Gasteiger partial charge is 0.193 e. The van der Waals surface area contributed by atoms with Crippen LogP contribution in [0.4, 0.5) is 15.8 Å². The van der Waals surface area contributed by atoms with Gasteiger partial charge in [-0.25, -0.2) is 4.39 Å². The third-order valence-electron chi connectivity index (χ3n) is 9.56. The Hall–Kier alpha value is -3.82. The molecule has 1 aromatic carbocycles. The Morgan fingerprint density at radius 1 is 0.977 bits per heavy atom. The molecule has 0 radical (unpaired) electrons. The van der Waals surface area contributed by atoms with Crippen LogP contribution in [0.3, 0.4) is 0 Å². The van der Waals surface area contributed by atoms with Crippen LogP contribution in [-0.4, -0.2) is 63.4 Å². The van der Waals surface area contributed by atoms with Gasteiger partial charge in [0, 0.05) is 98.6 Å². The Labute approximate surface area is 257 Å². The molecule has 0 bridgehead atoms. The molecular formula is C35H41FN6O2. The molecular weight excluding hydrogens is 555 g/mol. The number of aliphatic hydroxyl groups is 1. The van der Waals surface area contributed by atoms with Gasteiger partial charge in [-0.05, 0) is 81.5 Å². The number of piperidine rings is 1. The lowest BCUT2D eigenvalue weighted by atomic mass is 9.99. The van der Waals surface area contributed by atoms with Gasteiger partial charge >= 0.3 is 0 Å². The van der Waals surface area contributed by atoms with Gasteiger partial charge in [0.15, 0.2) is 5.43 Å². The van der Waals surface area contributed by atoms with E-state index in [-0.39, 0.29) is 29.8 Å². The van der Waals surface area contributed by atoms with E-state index in [0.29, 0.717) is 48.9 Å². The maximum absolute atomic E-state index is 15.5. The van der Waals surface area contributed by atoms with Crippen LogP contribution in [0.2, 0.25) is 0 Å². The SMILES string of the molecule is Cc1ccc(N2CCC[C@H](N(Cc3ccnc(C)c3)Cc3cn(C4CC4)c4cc(N5CC(CO)C5)c(F)cc4c3=O)C2)cn1. The number of fused-ring (bicyclic) bond motifs is 1. The highest BCUT2D eigenvalue weighted by molar-refractivity contribution is 5.84. The van der Waals surface area contributed by atoms with Crippen molar-refractivity contribution in [1.29, 1.82) is 0 Å². The van der Waals surface area contributed by atoms with Crippen LogP contribution in [0.5, 0.6) is 0 Å². The van der Waals surface area contributed by atoms with Crippen LogP contribution in [0.25, 0.3) is 10.9 Å². The van der Waals surface area contributed by atoms with Gasteiger partial charge in [-0.2, -0.15) is 0 Å². The van der Waals surface area contributed by atoms with Gasteiger partial charge < -0.3 is 19.5 Å². The number of aliphatic hydroxyl groups excluding tert-OH is 1. The summed E-state index contributed by atoms with van der Waals surface area (Å²) in [6, 6.07) is 12.2. The minimum absolute atomic E-state index is 0.0921. The molecule has 3 aliphatic rings. The molecule has 0 spiro atoms. The Morgan fingerprint density at radius 3 is 2.55 bits per heavy atom. The molecule has 44 heavy (non-hydrogen) atoms. The highest BCUT2D eigenvalue weighted by atomic mass is 19.1. The molecule has 4 aromatic rings. The van der Waals surface area contributed by atoms with E-state index in [1.54, 1.807) is 0 Å². The number of nitrogens with zero attached hydrogens (tertiary/aromatic N) is 6. The number of benzene rings is 1. The molecule has 3 fully saturated rings. The molecule has 5 heterocycles. The van der Waals surface area contributed by atoms with E-state index < -0.39 is 0 Å². The number of hydrogen-bond acceptors (Lipinski definition) is 7. The van der Waals surface area contributed by atoms with E-state index in [1.807, 2.05) is 43.4 Å². The molecule has 1 N–H and O–H groups in total. The van der Waals surface area contributed by atoms with Crippen LogP contribution < -0.4 is 15.2 Å². The topological polar surface area (TPSA) is 77.7 Å². The number of anilines is 2. The van der Waals surface area contributed by atoms with Gasteiger partial charge in [0.05, 0.1) is 23.1 Å². The van der Waals surface area contributed by atoms with Crippen molar-refractivity contribution in [2.45, 2.75) is 64.7 Å². The van der Waals surface area contributed by atoms with Crippen LogP contribution in [0.15, 0.2) is 59.8 Å². The first kappa shape index (κ1) is 28.9. The fourth-order valence-corrected chi connectivity index (χ4v) is 6.91. The zero-order chi connectivity index (χ0) is 30.4. The molecule has 1 saturated carbocycles. The molecule has 230 valence electrons. The van der Waals surface area contributed by atoms with Crippen molar-refractivity contribution >= 4 is 22.3 Å². The summed E-state index contributed by atoms with van der Waals surface area (Å²) in [6.45, 7) is 8.39. The first-order valence-electron chi connectivity index (χ1n) is 15.9. The quantitative estimate of drug-likeness (QED) is 0.292. The van der Waals surface area contributed by atoms with Crippen molar-refractivity contribution in [3.8, 4) is 0 Å². The normalized spacial score (nSPS) is 19.2. The van der Waals surface area contributed by atoms with Gasteiger partial charge in [-0.1, -0.05) is 0 Å². The molecule has 1 atom stereocenters. The molecule has 0 amide bonds. The number of halogens is 1. The third kappa shape index (κ3) is 5.83. The third-order valence-corrected chi connectivity index (χ3v) is 9.56. The average Bonchev–Trinajstić information content (AvgIpc) is 3.84. The summed E-state index contributed by atoms with van der Waals surface area (Å²) in [5.41, 5.74) is 6.21. The maximum atomic E-state index is 15.5. The van der Waals surface area contributed by atoms with Crippen molar-refractivity contribution in [2.75, 3.05) is 42.6 Å². The summed E-state index contributed by atoms with van der Waals surface area (Å²) in [6.07, 6.45) is 10.1. The standard InChI is InChI=1S/C35H41FN6O2/c1-23-5-6-29(15-38-23)39-11-3-4-30(21-39)40(16-25-9-10-37-24(2)12-25)19-27-20-42(28-7-8-28)33-14-34(41-17-26(18-41)22-43)32(36)13-31(33)35(27)44/h5-6,9-10,12-15,20,26,28,30,43H,3-4,7-8,11,16-19,21-22H2,1-2H3/t30-/m0/s1. The van der Waals surface area contributed by atoms with E-state index in [4.69, 9.17) is 0 Å². The van der Waals surface area contributed by atoms with Crippen LogP contribution >= 0.6 is 0 Å². The fraction of sp³-hybridized carbons (Fsp3) is 0.457. The van der Waals surface area contributed by atoms with Gasteiger partial charge in [0.2, 0.25) is 0 Å². The summed E-state index contributed by atoms with van der Waals surface area (Å²) in [5.74, 6) is -0.199. The monoisotopic (exact) mass is 596 g/mol. The van der Waals surface area contributed by atoms with Crippen molar-refractivity contribution in [2.24, 2.45) is 5.92 Å². The van der Waals surface area contributed by atoms with Gasteiger partial charge in [0.25, 0.3) is 0 Å². The first-order chi connectivity index (χ1) is 21.4. The Balaban J connectivity index is 1.24. The number of pyridine rings is 3. The maximum Gasteiger partial charge on any atom is 0.193 e. The van der Waals surface area contributed by atoms with E-state index in [1.165, 1.54) is 11.6 Å². The number of aryl methyl sites for hydroxylation is 2.